The van der Waals surface area contributed by atoms with Gasteiger partial charge >= 0.3 is 0 Å². The number of hydrogen-bond acceptors (Lipinski definition) is 8. The van der Waals surface area contributed by atoms with E-state index in [1.165, 1.54) is 68.8 Å². The van der Waals surface area contributed by atoms with Gasteiger partial charge in [-0.25, -0.2) is 13.2 Å². The van der Waals surface area contributed by atoms with Gasteiger partial charge in [0.2, 0.25) is 0 Å². The van der Waals surface area contributed by atoms with Gasteiger partial charge in [0.05, 0.1) is 14.2 Å². The Morgan fingerprint density at radius 3 is 1.52 bits per heavy atom. The van der Waals surface area contributed by atoms with Gasteiger partial charge in [-0.2, -0.15) is 0 Å². The van der Waals surface area contributed by atoms with E-state index in [1.54, 1.807) is 48.5 Å². The zero-order valence-corrected chi connectivity index (χ0v) is 29.3. The van der Waals surface area contributed by atoms with Crippen LogP contribution in [-0.2, 0) is 0 Å². The first-order valence-corrected chi connectivity index (χ1v) is 16.2. The predicted molar refractivity (Wildman–Crippen MR) is 201 cm³/mol. The molecule has 14 heteroatoms. The standard InChI is InChI=1S/C20H16ClFN2O3.C20H16F2N2O3/c1-27-18-7-4-12(21)8-16(18)19-15(11-2-5-14(25)6-3-11)9-13(22)10-17(19)20(23)24-26;1-27-19-14(3-2-4-17(19)22)18-15(11-5-7-13(25)8-6-11)9-12(21)10-16(18)20(23)24-26/h2*2-10,25-26H,1H3,(H2,23,24). The number of phenolic OH excluding ortho intramolecular Hbond substituents is 2. The van der Waals surface area contributed by atoms with E-state index in [-0.39, 0.29) is 40.0 Å². The highest BCUT2D eigenvalue weighted by Gasteiger charge is 2.23. The highest BCUT2D eigenvalue weighted by atomic mass is 35.5. The second-order valence-electron chi connectivity index (χ2n) is 11.5. The molecule has 6 aromatic rings. The molecular formula is C40H32ClF3N4O6. The number of benzene rings is 6. The molecule has 8 N–H and O–H groups in total. The summed E-state index contributed by atoms with van der Waals surface area (Å²) in [6.45, 7) is 0. The largest absolute Gasteiger partial charge is 0.508 e. The molecular weight excluding hydrogens is 725 g/mol. The summed E-state index contributed by atoms with van der Waals surface area (Å²) < 4.78 is 53.5. The minimum Gasteiger partial charge on any atom is -0.508 e. The van der Waals surface area contributed by atoms with Crippen LogP contribution < -0.4 is 20.9 Å². The molecule has 0 bridgehead atoms. The number of nitrogens with two attached hydrogens (primary N) is 2. The lowest BCUT2D eigenvalue weighted by molar-refractivity contribution is 0.318. The Morgan fingerprint density at radius 1 is 0.593 bits per heavy atom. The van der Waals surface area contributed by atoms with Crippen LogP contribution >= 0.6 is 11.6 Å². The van der Waals surface area contributed by atoms with Crippen molar-refractivity contribution >= 4 is 23.3 Å². The van der Waals surface area contributed by atoms with E-state index in [4.69, 9.17) is 37.7 Å². The number of nitrogens with zero attached hydrogens (tertiary/aromatic N) is 2. The molecule has 54 heavy (non-hydrogen) atoms. The van der Waals surface area contributed by atoms with Crippen molar-refractivity contribution in [3.05, 3.63) is 143 Å². The van der Waals surface area contributed by atoms with Gasteiger partial charge in [0.15, 0.2) is 23.2 Å². The summed E-state index contributed by atoms with van der Waals surface area (Å²) in [6, 6.07) is 26.4. The smallest absolute Gasteiger partial charge is 0.170 e. The number of amidine groups is 2. The Hall–Kier alpha value is -6.86. The van der Waals surface area contributed by atoms with Crippen molar-refractivity contribution in [3.8, 4) is 67.5 Å². The van der Waals surface area contributed by atoms with E-state index in [1.807, 2.05) is 0 Å². The van der Waals surface area contributed by atoms with E-state index in [0.29, 0.717) is 55.3 Å². The summed E-state index contributed by atoms with van der Waals surface area (Å²) in [6.07, 6.45) is 0. The lowest BCUT2D eigenvalue weighted by atomic mass is 9.89. The fraction of sp³-hybridized carbons (Fsp3) is 0.0500. The molecule has 0 fully saturated rings. The number of phenols is 2. The van der Waals surface area contributed by atoms with E-state index < -0.39 is 17.5 Å². The maximum Gasteiger partial charge on any atom is 0.170 e. The maximum atomic E-state index is 14.3. The fourth-order valence-corrected chi connectivity index (χ4v) is 6.00. The van der Waals surface area contributed by atoms with Crippen LogP contribution in [-0.4, -0.2) is 46.5 Å². The molecule has 0 aromatic heterocycles. The van der Waals surface area contributed by atoms with Gasteiger partial charge in [0.1, 0.15) is 28.9 Å². The van der Waals surface area contributed by atoms with Crippen molar-refractivity contribution in [2.45, 2.75) is 0 Å². The maximum absolute atomic E-state index is 14.3. The first-order valence-electron chi connectivity index (χ1n) is 15.8. The molecule has 0 heterocycles. The van der Waals surface area contributed by atoms with Crippen LogP contribution in [0.25, 0.3) is 44.5 Å². The molecule has 6 rings (SSSR count). The SMILES string of the molecule is COc1c(F)cccc1-c1c(C(N)=NO)cc(F)cc1-c1ccc(O)cc1.COc1ccc(Cl)cc1-c1c(C(N)=NO)cc(F)cc1-c1ccc(O)cc1. The molecule has 6 aromatic carbocycles. The van der Waals surface area contributed by atoms with Gasteiger partial charge < -0.3 is 41.6 Å². The van der Waals surface area contributed by atoms with E-state index >= 15 is 0 Å². The van der Waals surface area contributed by atoms with Crippen molar-refractivity contribution in [3.63, 3.8) is 0 Å². The third-order valence-corrected chi connectivity index (χ3v) is 8.44. The lowest BCUT2D eigenvalue weighted by Crippen LogP contribution is -2.15. The number of oxime groups is 2. The highest BCUT2D eigenvalue weighted by Crippen LogP contribution is 2.43. The summed E-state index contributed by atoms with van der Waals surface area (Å²) in [5, 5.41) is 43.8. The number of ether oxygens (including phenoxy) is 2. The molecule has 0 saturated carbocycles. The summed E-state index contributed by atoms with van der Waals surface area (Å²) in [5.41, 5.74) is 15.5. The van der Waals surface area contributed by atoms with Crippen molar-refractivity contribution in [1.82, 2.24) is 0 Å². The zero-order valence-electron chi connectivity index (χ0n) is 28.6. The number of halogens is 4. The minimum absolute atomic E-state index is 0.0386. The van der Waals surface area contributed by atoms with Gasteiger partial charge in [0.25, 0.3) is 0 Å². The summed E-state index contributed by atoms with van der Waals surface area (Å²) >= 11 is 6.17. The quantitative estimate of drug-likeness (QED) is 0.0387. The van der Waals surface area contributed by atoms with Crippen molar-refractivity contribution in [2.75, 3.05) is 14.2 Å². The predicted octanol–water partition coefficient (Wildman–Crippen LogP) is 8.73. The number of para-hydroxylation sites is 1. The molecule has 0 aliphatic carbocycles. The zero-order chi connectivity index (χ0) is 39.1. The van der Waals surface area contributed by atoms with Crippen molar-refractivity contribution < 1.29 is 43.3 Å². The number of aromatic hydroxyl groups is 2. The van der Waals surface area contributed by atoms with E-state index in [2.05, 4.69) is 10.3 Å². The number of methoxy groups -OCH3 is 2. The first kappa shape index (κ1) is 38.4. The molecule has 0 amide bonds. The van der Waals surface area contributed by atoms with Crippen LogP contribution in [0.1, 0.15) is 11.1 Å². The second-order valence-corrected chi connectivity index (χ2v) is 11.9. The lowest BCUT2D eigenvalue weighted by Gasteiger charge is -2.18. The Kier molecular flexibility index (Phi) is 11.8. The average Bonchev–Trinajstić information content (AvgIpc) is 3.17. The Balaban J connectivity index is 0.000000208. The molecule has 0 atom stereocenters. The van der Waals surface area contributed by atoms with Crippen LogP contribution in [0.4, 0.5) is 13.2 Å². The van der Waals surface area contributed by atoms with Gasteiger partial charge in [-0.3, -0.25) is 0 Å². The molecule has 0 unspecified atom stereocenters. The third kappa shape index (κ3) is 8.11. The monoisotopic (exact) mass is 756 g/mol. The summed E-state index contributed by atoms with van der Waals surface area (Å²) in [4.78, 5) is 0. The highest BCUT2D eigenvalue weighted by molar-refractivity contribution is 6.31. The molecule has 10 nitrogen and oxygen atoms in total. The Labute approximate surface area is 312 Å². The van der Waals surface area contributed by atoms with Crippen LogP contribution in [0, 0.1) is 17.5 Å². The third-order valence-electron chi connectivity index (χ3n) is 8.20. The minimum atomic E-state index is -0.626. The average molecular weight is 757 g/mol. The Bertz CT molecular complexity index is 2260. The normalized spacial score (nSPS) is 11.4. The number of rotatable bonds is 8. The van der Waals surface area contributed by atoms with Crippen molar-refractivity contribution in [1.29, 1.82) is 0 Å². The first-order chi connectivity index (χ1) is 25.9. The summed E-state index contributed by atoms with van der Waals surface area (Å²) in [7, 11) is 2.81. The van der Waals surface area contributed by atoms with Crippen LogP contribution in [0.5, 0.6) is 23.0 Å². The Morgan fingerprint density at radius 2 is 1.07 bits per heavy atom. The molecule has 0 spiro atoms. The fourth-order valence-electron chi connectivity index (χ4n) is 5.83. The molecule has 0 radical (unpaired) electrons. The topological polar surface area (TPSA) is 176 Å². The summed E-state index contributed by atoms with van der Waals surface area (Å²) in [5.74, 6) is -1.85. The van der Waals surface area contributed by atoms with Gasteiger partial charge in [0, 0.05) is 38.4 Å². The van der Waals surface area contributed by atoms with Crippen LogP contribution in [0.2, 0.25) is 5.02 Å². The number of hydrogen-bond donors (Lipinski definition) is 6. The molecule has 0 saturated heterocycles. The van der Waals surface area contributed by atoms with E-state index in [0.717, 1.165) is 6.07 Å². The molecule has 0 aliphatic heterocycles. The second kappa shape index (κ2) is 16.7. The van der Waals surface area contributed by atoms with Crippen molar-refractivity contribution in [2.24, 2.45) is 21.8 Å². The van der Waals surface area contributed by atoms with E-state index in [9.17, 15) is 28.6 Å². The van der Waals surface area contributed by atoms with Crippen LogP contribution in [0.3, 0.4) is 0 Å². The molecule has 276 valence electrons. The molecule has 0 aliphatic rings. The van der Waals surface area contributed by atoms with Gasteiger partial charge in [-0.15, -0.1) is 0 Å². The van der Waals surface area contributed by atoms with Gasteiger partial charge in [-0.05, 0) is 95.1 Å². The van der Waals surface area contributed by atoms with Gasteiger partial charge in [-0.1, -0.05) is 58.3 Å². The van der Waals surface area contributed by atoms with Crippen LogP contribution in [0.15, 0.2) is 120 Å².